The lowest BCUT2D eigenvalue weighted by molar-refractivity contribution is -0.139. The Morgan fingerprint density at radius 1 is 1.08 bits per heavy atom. The van der Waals surface area contributed by atoms with E-state index >= 15 is 0 Å². The van der Waals surface area contributed by atoms with Crippen LogP contribution in [-0.2, 0) is 9.53 Å². The first-order valence-corrected chi connectivity index (χ1v) is 13.1. The number of fused-ring (bicyclic) bond motifs is 1. The summed E-state index contributed by atoms with van der Waals surface area (Å²) in [5.41, 5.74) is 3.31. The van der Waals surface area contributed by atoms with Crippen LogP contribution in [0.5, 0.6) is 17.2 Å². The van der Waals surface area contributed by atoms with Crippen molar-refractivity contribution in [1.29, 1.82) is 0 Å². The lowest BCUT2D eigenvalue weighted by Gasteiger charge is -2.25. The number of carbonyl (C=O) groups excluding carboxylic acids is 1. The van der Waals surface area contributed by atoms with Crippen LogP contribution in [0, 0.1) is 0 Å². The summed E-state index contributed by atoms with van der Waals surface area (Å²) in [7, 11) is 4.62. The Labute approximate surface area is 225 Å². The van der Waals surface area contributed by atoms with Crippen molar-refractivity contribution in [2.45, 2.75) is 39.7 Å². The molecule has 0 radical (unpaired) electrons. The van der Waals surface area contributed by atoms with Crippen molar-refractivity contribution < 1.29 is 23.7 Å². The molecule has 0 aliphatic carbocycles. The third kappa shape index (κ3) is 4.98. The number of esters is 1. The molecule has 9 heteroatoms. The van der Waals surface area contributed by atoms with E-state index in [1.165, 1.54) is 24.0 Å². The number of allylic oxidation sites excluding steroid dienone is 1. The van der Waals surface area contributed by atoms with Crippen molar-refractivity contribution in [3.63, 3.8) is 0 Å². The smallest absolute Gasteiger partial charge is 0.338 e. The Hall–Kier alpha value is -3.85. The van der Waals surface area contributed by atoms with Crippen LogP contribution in [0.3, 0.4) is 0 Å². The number of hydrogen-bond acceptors (Lipinski definition) is 8. The third-order valence-corrected chi connectivity index (χ3v) is 7.40. The summed E-state index contributed by atoms with van der Waals surface area (Å²) in [5, 5.41) is 0. The van der Waals surface area contributed by atoms with Gasteiger partial charge in [-0.1, -0.05) is 49.4 Å². The van der Waals surface area contributed by atoms with Gasteiger partial charge >= 0.3 is 5.97 Å². The largest absolute Gasteiger partial charge is 0.493 e. The van der Waals surface area contributed by atoms with Crippen LogP contribution in [0.1, 0.15) is 56.3 Å². The van der Waals surface area contributed by atoms with Crippen LogP contribution in [0.15, 0.2) is 57.5 Å². The highest BCUT2D eigenvalue weighted by atomic mass is 32.1. The maximum atomic E-state index is 13.9. The molecule has 8 nitrogen and oxygen atoms in total. The van der Waals surface area contributed by atoms with Crippen LogP contribution >= 0.6 is 11.3 Å². The summed E-state index contributed by atoms with van der Waals surface area (Å²) in [4.78, 5) is 32.1. The fraction of sp³-hybridized carbons (Fsp3) is 0.345. The first-order valence-electron chi connectivity index (χ1n) is 12.3. The average molecular weight is 537 g/mol. The first-order chi connectivity index (χ1) is 18.2. The van der Waals surface area contributed by atoms with Crippen molar-refractivity contribution in [2.24, 2.45) is 4.99 Å². The van der Waals surface area contributed by atoms with Crippen molar-refractivity contribution >= 4 is 23.4 Å². The number of thiazole rings is 1. The Balaban J connectivity index is 1.93. The molecule has 4 rings (SSSR count). The topological polar surface area (TPSA) is 88.4 Å². The van der Waals surface area contributed by atoms with Gasteiger partial charge in [-0.25, -0.2) is 9.79 Å². The maximum Gasteiger partial charge on any atom is 0.338 e. The van der Waals surface area contributed by atoms with E-state index in [0.29, 0.717) is 49.3 Å². The van der Waals surface area contributed by atoms with Gasteiger partial charge in [0.25, 0.3) is 5.56 Å². The van der Waals surface area contributed by atoms with Crippen molar-refractivity contribution in [3.05, 3.63) is 84.0 Å². The van der Waals surface area contributed by atoms with Gasteiger partial charge in [-0.2, -0.15) is 0 Å². The van der Waals surface area contributed by atoms with Crippen LogP contribution in [0.4, 0.5) is 0 Å². The molecule has 0 saturated heterocycles. The van der Waals surface area contributed by atoms with Crippen LogP contribution in [-0.4, -0.2) is 38.5 Å². The summed E-state index contributed by atoms with van der Waals surface area (Å²) >= 11 is 1.26. The molecule has 200 valence electrons. The zero-order valence-corrected chi connectivity index (χ0v) is 23.5. The number of hydrogen-bond donors (Lipinski definition) is 0. The highest BCUT2D eigenvalue weighted by Gasteiger charge is 2.33. The average Bonchev–Trinajstić information content (AvgIpc) is 3.21. The van der Waals surface area contributed by atoms with Gasteiger partial charge in [0.15, 0.2) is 16.3 Å². The van der Waals surface area contributed by atoms with Crippen LogP contribution in [0.25, 0.3) is 6.08 Å². The van der Waals surface area contributed by atoms with E-state index < -0.39 is 12.0 Å². The van der Waals surface area contributed by atoms with Crippen LogP contribution < -0.4 is 29.1 Å². The zero-order valence-electron chi connectivity index (χ0n) is 22.7. The third-order valence-electron chi connectivity index (χ3n) is 6.42. The van der Waals surface area contributed by atoms with E-state index in [9.17, 15) is 9.59 Å². The van der Waals surface area contributed by atoms with E-state index in [2.05, 4.69) is 18.8 Å². The molecular weight excluding hydrogens is 504 g/mol. The first kappa shape index (κ1) is 27.2. The molecule has 1 aliphatic rings. The monoisotopic (exact) mass is 536 g/mol. The van der Waals surface area contributed by atoms with Gasteiger partial charge in [0.2, 0.25) is 5.75 Å². The lowest BCUT2D eigenvalue weighted by Crippen LogP contribution is -2.39. The van der Waals surface area contributed by atoms with Crippen molar-refractivity contribution in [1.82, 2.24) is 4.57 Å². The fourth-order valence-electron chi connectivity index (χ4n) is 4.51. The number of ether oxygens (including phenoxy) is 4. The van der Waals surface area contributed by atoms with Gasteiger partial charge < -0.3 is 18.9 Å². The summed E-state index contributed by atoms with van der Waals surface area (Å²) in [6.07, 6.45) is 1.76. The van der Waals surface area contributed by atoms with Gasteiger partial charge in [-0.3, -0.25) is 9.36 Å². The Bertz CT molecular complexity index is 1540. The molecular formula is C29H32N2O6S. The van der Waals surface area contributed by atoms with Gasteiger partial charge in [-0.15, -0.1) is 0 Å². The molecule has 0 amide bonds. The number of rotatable bonds is 8. The quantitative estimate of drug-likeness (QED) is 0.405. The number of nitrogens with zero attached hydrogens (tertiary/aromatic N) is 2. The Morgan fingerprint density at radius 3 is 2.24 bits per heavy atom. The molecule has 3 aromatic rings. The highest BCUT2D eigenvalue weighted by Crippen LogP contribution is 2.38. The van der Waals surface area contributed by atoms with Crippen LogP contribution in [0.2, 0.25) is 0 Å². The van der Waals surface area contributed by atoms with Gasteiger partial charge in [0.05, 0.1) is 49.8 Å². The van der Waals surface area contributed by atoms with Gasteiger partial charge in [0, 0.05) is 0 Å². The van der Waals surface area contributed by atoms with Gasteiger partial charge in [-0.05, 0) is 54.7 Å². The second kappa shape index (κ2) is 11.3. The predicted molar refractivity (Wildman–Crippen MR) is 147 cm³/mol. The van der Waals surface area contributed by atoms with E-state index in [1.54, 1.807) is 50.8 Å². The van der Waals surface area contributed by atoms with E-state index in [4.69, 9.17) is 18.9 Å². The molecule has 0 spiro atoms. The van der Waals surface area contributed by atoms with Gasteiger partial charge in [0.1, 0.15) is 0 Å². The standard InChI is InChI=1S/C29H32N2O6S/c1-8-37-28(33)24-17(4)30-29-31(25(24)20-11-9-19(10-12-20)16(2)3)27(32)23(38-29)15-18-13-21(34-5)26(36-7)22(14-18)35-6/h9-16,25H,8H2,1-7H3. The second-order valence-electron chi connectivity index (χ2n) is 9.08. The number of methoxy groups -OCH3 is 3. The van der Waals surface area contributed by atoms with E-state index in [-0.39, 0.29) is 12.2 Å². The number of carbonyl (C=O) groups is 1. The molecule has 1 atom stereocenters. The number of aromatic nitrogens is 1. The fourth-order valence-corrected chi connectivity index (χ4v) is 5.55. The molecule has 0 saturated carbocycles. The molecule has 0 bridgehead atoms. The Morgan fingerprint density at radius 2 is 1.71 bits per heavy atom. The zero-order chi connectivity index (χ0) is 27.6. The minimum atomic E-state index is -0.659. The summed E-state index contributed by atoms with van der Waals surface area (Å²) in [6, 6.07) is 10.9. The second-order valence-corrected chi connectivity index (χ2v) is 10.1. The maximum absolute atomic E-state index is 13.9. The van der Waals surface area contributed by atoms with E-state index in [1.807, 2.05) is 24.3 Å². The summed E-state index contributed by atoms with van der Waals surface area (Å²) in [5.74, 6) is 1.30. The minimum Gasteiger partial charge on any atom is -0.493 e. The number of benzene rings is 2. The molecule has 1 aliphatic heterocycles. The molecule has 0 N–H and O–H groups in total. The molecule has 0 fully saturated rings. The SMILES string of the molecule is CCOC(=O)C1=C(C)N=c2sc(=Cc3cc(OC)c(OC)c(OC)c3)c(=O)n2C1c1ccc(C(C)C)cc1. The normalized spacial score (nSPS) is 15.3. The molecule has 2 heterocycles. The molecule has 1 aromatic heterocycles. The highest BCUT2D eigenvalue weighted by molar-refractivity contribution is 7.07. The van der Waals surface area contributed by atoms with Crippen molar-refractivity contribution in [3.8, 4) is 17.2 Å². The van der Waals surface area contributed by atoms with E-state index in [0.717, 1.165) is 5.56 Å². The molecule has 2 aromatic carbocycles. The molecule has 38 heavy (non-hydrogen) atoms. The minimum absolute atomic E-state index is 0.222. The lowest BCUT2D eigenvalue weighted by atomic mass is 9.93. The Kier molecular flexibility index (Phi) is 8.06. The molecule has 1 unspecified atom stereocenters. The summed E-state index contributed by atoms with van der Waals surface area (Å²) in [6.45, 7) is 8.00. The van der Waals surface area contributed by atoms with Crippen molar-refractivity contribution in [2.75, 3.05) is 27.9 Å². The summed E-state index contributed by atoms with van der Waals surface area (Å²) < 4.78 is 23.8. The predicted octanol–water partition coefficient (Wildman–Crippen LogP) is 3.95.